The maximum absolute atomic E-state index is 14.9. The third kappa shape index (κ3) is 4.26. The van der Waals surface area contributed by atoms with Gasteiger partial charge in [-0.15, -0.1) is 5.10 Å². The number of halogens is 2. The molecule has 2 heterocycles. The van der Waals surface area contributed by atoms with E-state index in [1.807, 2.05) is 0 Å². The number of fused-ring (bicyclic) bond motifs is 1. The van der Waals surface area contributed by atoms with Crippen molar-refractivity contribution in [3.05, 3.63) is 81.9 Å². The van der Waals surface area contributed by atoms with Crippen LogP contribution in [0.1, 0.15) is 11.1 Å². The number of aryl methyl sites for hydroxylation is 2. The van der Waals surface area contributed by atoms with Crippen molar-refractivity contribution in [3.8, 4) is 11.1 Å². The van der Waals surface area contributed by atoms with Gasteiger partial charge in [-0.25, -0.2) is 12.8 Å². The topological polar surface area (TPSA) is 86.0 Å². The first-order valence-electron chi connectivity index (χ1n) is 9.62. The molecule has 0 fully saturated rings. The molecule has 0 radical (unpaired) electrons. The van der Waals surface area contributed by atoms with E-state index in [4.69, 9.17) is 0 Å². The summed E-state index contributed by atoms with van der Waals surface area (Å²) in [6.45, 7) is 1.83. The Hall–Kier alpha value is -3.53. The molecule has 2 aromatic heterocycles. The van der Waals surface area contributed by atoms with E-state index in [1.165, 1.54) is 27.4 Å². The van der Waals surface area contributed by atoms with Gasteiger partial charge in [0, 0.05) is 18.8 Å². The highest BCUT2D eigenvalue weighted by Gasteiger charge is 2.19. The van der Waals surface area contributed by atoms with Gasteiger partial charge in [0.15, 0.2) is 0 Å². The maximum atomic E-state index is 14.9. The van der Waals surface area contributed by atoms with Crippen LogP contribution in [0.3, 0.4) is 0 Å². The molecule has 0 aliphatic rings. The number of sulfonamides is 1. The number of anilines is 1. The molecular weight excluding hydrogens is 438 g/mol. The van der Waals surface area contributed by atoms with E-state index in [-0.39, 0.29) is 23.2 Å². The number of nitrogens with zero attached hydrogens (tertiary/aromatic N) is 3. The van der Waals surface area contributed by atoms with Crippen molar-refractivity contribution in [2.75, 3.05) is 11.0 Å². The van der Waals surface area contributed by atoms with Crippen molar-refractivity contribution in [2.45, 2.75) is 13.5 Å². The van der Waals surface area contributed by atoms with Gasteiger partial charge in [-0.3, -0.25) is 14.2 Å². The summed E-state index contributed by atoms with van der Waals surface area (Å²) in [6.07, 6.45) is 2.60. The van der Waals surface area contributed by atoms with Gasteiger partial charge in [-0.1, -0.05) is 12.1 Å². The minimum absolute atomic E-state index is 0.0165. The number of benzene rings is 2. The first-order valence-corrected chi connectivity index (χ1v) is 11.5. The molecule has 32 heavy (non-hydrogen) atoms. The Kier molecular flexibility index (Phi) is 5.33. The molecule has 0 atom stereocenters. The molecule has 4 rings (SSSR count). The smallest absolute Gasteiger partial charge is 0.253 e. The fraction of sp³-hybridized carbons (Fsp3) is 0.182. The van der Waals surface area contributed by atoms with Gasteiger partial charge >= 0.3 is 0 Å². The van der Waals surface area contributed by atoms with E-state index >= 15 is 0 Å². The Morgan fingerprint density at radius 3 is 2.38 bits per heavy atom. The van der Waals surface area contributed by atoms with E-state index < -0.39 is 21.8 Å². The van der Waals surface area contributed by atoms with Crippen LogP contribution in [0.25, 0.3) is 22.0 Å². The summed E-state index contributed by atoms with van der Waals surface area (Å²) in [5.74, 6) is -1.23. The van der Waals surface area contributed by atoms with Crippen molar-refractivity contribution >= 4 is 26.6 Å². The molecule has 0 aliphatic carbocycles. The van der Waals surface area contributed by atoms with Gasteiger partial charge in [0.2, 0.25) is 16.0 Å². The molecular formula is C22H20F2N4O3S. The van der Waals surface area contributed by atoms with E-state index in [2.05, 4.69) is 9.82 Å². The Morgan fingerprint density at radius 2 is 1.75 bits per heavy atom. The van der Waals surface area contributed by atoms with Crippen LogP contribution in [0.15, 0.2) is 53.5 Å². The Morgan fingerprint density at radius 1 is 1.06 bits per heavy atom. The average Bonchev–Trinajstić information content (AvgIpc) is 3.02. The zero-order chi connectivity index (χ0) is 23.2. The van der Waals surface area contributed by atoms with E-state index in [0.29, 0.717) is 27.8 Å². The normalized spacial score (nSPS) is 11.8. The molecule has 0 bridgehead atoms. The van der Waals surface area contributed by atoms with Crippen molar-refractivity contribution in [3.63, 3.8) is 0 Å². The highest BCUT2D eigenvalue weighted by atomic mass is 32.2. The van der Waals surface area contributed by atoms with Crippen LogP contribution in [0.2, 0.25) is 0 Å². The van der Waals surface area contributed by atoms with Crippen LogP contribution in [-0.2, 0) is 23.6 Å². The average molecular weight is 458 g/mol. The molecule has 7 nitrogen and oxygen atoms in total. The molecule has 0 unspecified atom stereocenters. The van der Waals surface area contributed by atoms with Crippen LogP contribution in [0.4, 0.5) is 14.5 Å². The second kappa shape index (κ2) is 7.86. The summed E-state index contributed by atoms with van der Waals surface area (Å²) in [7, 11) is -2.10. The SMILES string of the molecule is Cc1cc(-c2cc(NS(C)(=O)=O)c3c(F)nn(Cc4ccc(F)cc4)c3c2)cn(C)c1=O. The van der Waals surface area contributed by atoms with Crippen molar-refractivity contribution in [1.82, 2.24) is 14.3 Å². The lowest BCUT2D eigenvalue weighted by Gasteiger charge is -2.12. The quantitative estimate of drug-likeness (QED) is 0.497. The Labute approximate surface area is 183 Å². The molecule has 0 saturated heterocycles. The molecule has 1 N–H and O–H groups in total. The standard InChI is InChI=1S/C22H20F2N4O3S/c1-13-8-16(12-27(2)22(13)29)15-9-18(26-32(3,30)31)20-19(10-15)28(25-21(20)24)11-14-4-6-17(23)7-5-14/h4-10,12,26H,11H2,1-3H3. The second-order valence-electron chi connectivity index (χ2n) is 7.69. The number of nitrogens with one attached hydrogen (secondary N) is 1. The van der Waals surface area contributed by atoms with Gasteiger partial charge in [0.25, 0.3) is 5.56 Å². The largest absolute Gasteiger partial charge is 0.318 e. The van der Waals surface area contributed by atoms with Gasteiger partial charge in [-0.2, -0.15) is 4.39 Å². The Bertz CT molecular complexity index is 1480. The van der Waals surface area contributed by atoms with Crippen molar-refractivity contribution < 1.29 is 17.2 Å². The van der Waals surface area contributed by atoms with E-state index in [0.717, 1.165) is 6.26 Å². The van der Waals surface area contributed by atoms with Gasteiger partial charge in [-0.05, 0) is 53.9 Å². The van der Waals surface area contributed by atoms with Crippen LogP contribution >= 0.6 is 0 Å². The van der Waals surface area contributed by atoms with E-state index in [1.54, 1.807) is 44.4 Å². The number of rotatable bonds is 5. The molecule has 4 aromatic rings. The lowest BCUT2D eigenvalue weighted by Crippen LogP contribution is -2.18. The number of aromatic nitrogens is 3. The maximum Gasteiger partial charge on any atom is 0.253 e. The first kappa shape index (κ1) is 21.7. The highest BCUT2D eigenvalue weighted by Crippen LogP contribution is 2.33. The molecule has 166 valence electrons. The first-order chi connectivity index (χ1) is 15.0. The van der Waals surface area contributed by atoms with Gasteiger partial charge in [0.05, 0.1) is 29.4 Å². The molecule has 2 aromatic carbocycles. The molecule has 10 heteroatoms. The second-order valence-corrected chi connectivity index (χ2v) is 9.44. The molecule has 0 aliphatic heterocycles. The van der Waals surface area contributed by atoms with Crippen LogP contribution in [0.5, 0.6) is 0 Å². The molecule has 0 spiro atoms. The van der Waals surface area contributed by atoms with Crippen LogP contribution in [0, 0.1) is 18.7 Å². The summed E-state index contributed by atoms with van der Waals surface area (Å²) in [5, 5.41) is 3.96. The number of hydrogen-bond acceptors (Lipinski definition) is 4. The summed E-state index contributed by atoms with van der Waals surface area (Å²) in [4.78, 5) is 12.1. The van der Waals surface area contributed by atoms with Crippen molar-refractivity contribution in [2.24, 2.45) is 7.05 Å². The molecule has 0 amide bonds. The third-order valence-electron chi connectivity index (χ3n) is 5.05. The van der Waals surface area contributed by atoms with E-state index in [9.17, 15) is 22.0 Å². The molecule has 0 saturated carbocycles. The summed E-state index contributed by atoms with van der Waals surface area (Å²) >= 11 is 0. The van der Waals surface area contributed by atoms with Gasteiger partial charge in [0.1, 0.15) is 5.82 Å². The fourth-order valence-corrected chi connectivity index (χ4v) is 4.18. The highest BCUT2D eigenvalue weighted by molar-refractivity contribution is 7.92. The Balaban J connectivity index is 1.95. The lowest BCUT2D eigenvalue weighted by atomic mass is 10.0. The summed E-state index contributed by atoms with van der Waals surface area (Å²) in [5.41, 5.74) is 2.65. The summed E-state index contributed by atoms with van der Waals surface area (Å²) in [6, 6.07) is 10.6. The van der Waals surface area contributed by atoms with Crippen LogP contribution in [-0.4, -0.2) is 29.0 Å². The predicted molar refractivity (Wildman–Crippen MR) is 119 cm³/mol. The predicted octanol–water partition coefficient (Wildman–Crippen LogP) is 3.41. The zero-order valence-electron chi connectivity index (χ0n) is 17.6. The number of hydrogen-bond donors (Lipinski definition) is 1. The fourth-order valence-electron chi connectivity index (χ4n) is 3.62. The van der Waals surface area contributed by atoms with Crippen molar-refractivity contribution in [1.29, 1.82) is 0 Å². The minimum Gasteiger partial charge on any atom is -0.318 e. The third-order valence-corrected chi connectivity index (χ3v) is 5.64. The summed E-state index contributed by atoms with van der Waals surface area (Å²) < 4.78 is 57.2. The monoisotopic (exact) mass is 458 g/mol. The lowest BCUT2D eigenvalue weighted by molar-refractivity contribution is 0.549. The minimum atomic E-state index is -3.71. The van der Waals surface area contributed by atoms with Gasteiger partial charge < -0.3 is 4.57 Å². The zero-order valence-corrected chi connectivity index (χ0v) is 18.4. The number of pyridine rings is 1. The van der Waals surface area contributed by atoms with Crippen LogP contribution < -0.4 is 10.3 Å².